The molecule has 0 unspecified atom stereocenters. The Morgan fingerprint density at radius 2 is 1.96 bits per heavy atom. The minimum Gasteiger partial charge on any atom is -0.375 e. The number of amides is 2. The molecule has 2 aromatic rings. The summed E-state index contributed by atoms with van der Waals surface area (Å²) in [6.45, 7) is 2.17. The number of likely N-dealkylation sites (tertiary alicyclic amines) is 1. The molecule has 1 aromatic heterocycles. The number of nitrogens with one attached hydrogen (secondary N) is 1. The van der Waals surface area contributed by atoms with E-state index in [1.165, 1.54) is 13.5 Å². The summed E-state index contributed by atoms with van der Waals surface area (Å²) in [7, 11) is 1.48. The van der Waals surface area contributed by atoms with Gasteiger partial charge in [0.1, 0.15) is 19.0 Å². The molecule has 7 heteroatoms. The summed E-state index contributed by atoms with van der Waals surface area (Å²) in [5.41, 5.74) is 1.73. The topological polar surface area (TPSA) is 76.5 Å². The number of ether oxygens (including phenoxy) is 1. The molecule has 0 aliphatic carbocycles. The van der Waals surface area contributed by atoms with Crippen molar-refractivity contribution < 1.29 is 14.3 Å². The van der Waals surface area contributed by atoms with Crippen LogP contribution in [0.1, 0.15) is 25.1 Å². The minimum absolute atomic E-state index is 0.00688. The maximum Gasteiger partial charge on any atom is 0.246 e. The van der Waals surface area contributed by atoms with E-state index in [1.807, 2.05) is 33.7 Å². The highest BCUT2D eigenvalue weighted by Crippen LogP contribution is 2.17. The number of carbonyl (C=O) groups excluding carboxylic acids is 2. The summed E-state index contributed by atoms with van der Waals surface area (Å²) in [6, 6.07) is 7.71. The maximum atomic E-state index is 12.7. The van der Waals surface area contributed by atoms with Gasteiger partial charge in [0.25, 0.3) is 0 Å². The number of benzene rings is 1. The van der Waals surface area contributed by atoms with Crippen molar-refractivity contribution in [1.29, 1.82) is 0 Å². The van der Waals surface area contributed by atoms with E-state index in [0.717, 1.165) is 37.0 Å². The van der Waals surface area contributed by atoms with E-state index >= 15 is 0 Å². The average molecular weight is 344 g/mol. The summed E-state index contributed by atoms with van der Waals surface area (Å²) in [5.74, 6) is 0.576. The molecule has 7 nitrogen and oxygen atoms in total. The lowest BCUT2D eigenvalue weighted by atomic mass is 10.1. The van der Waals surface area contributed by atoms with Crippen LogP contribution in [0.2, 0.25) is 0 Å². The van der Waals surface area contributed by atoms with Crippen LogP contribution in [0.3, 0.4) is 0 Å². The van der Waals surface area contributed by atoms with E-state index in [9.17, 15) is 9.59 Å². The van der Waals surface area contributed by atoms with Gasteiger partial charge >= 0.3 is 0 Å². The van der Waals surface area contributed by atoms with Crippen LogP contribution in [0.4, 0.5) is 0 Å². The van der Waals surface area contributed by atoms with Crippen molar-refractivity contribution in [3.8, 4) is 0 Å². The number of fused-ring (bicyclic) bond motifs is 1. The van der Waals surface area contributed by atoms with Gasteiger partial charge < -0.3 is 19.5 Å². The van der Waals surface area contributed by atoms with E-state index in [2.05, 4.69) is 10.3 Å². The fourth-order valence-electron chi connectivity index (χ4n) is 3.18. The molecule has 1 saturated heterocycles. The molecule has 0 saturated carbocycles. The number of hydrogen-bond acceptors (Lipinski definition) is 4. The van der Waals surface area contributed by atoms with E-state index < -0.39 is 0 Å². The third-order valence-corrected chi connectivity index (χ3v) is 4.45. The lowest BCUT2D eigenvalue weighted by Gasteiger charge is -2.27. The van der Waals surface area contributed by atoms with Crippen LogP contribution in [0.5, 0.6) is 0 Å². The lowest BCUT2D eigenvalue weighted by molar-refractivity contribution is -0.132. The predicted molar refractivity (Wildman–Crippen MR) is 93.9 cm³/mol. The van der Waals surface area contributed by atoms with Crippen molar-refractivity contribution in [2.75, 3.05) is 26.8 Å². The molecular weight excluding hydrogens is 320 g/mol. The molecule has 0 spiro atoms. The third kappa shape index (κ3) is 4.17. The largest absolute Gasteiger partial charge is 0.375 e. The van der Waals surface area contributed by atoms with Gasteiger partial charge in [-0.15, -0.1) is 0 Å². The van der Waals surface area contributed by atoms with Gasteiger partial charge in [0.2, 0.25) is 11.8 Å². The SMILES string of the molecule is COCC(=O)NCc1nc2ccccc2n1CC(=O)N1CCCCC1. The Balaban J connectivity index is 1.80. The number of hydrogen-bond donors (Lipinski definition) is 1. The molecule has 3 rings (SSSR count). The van der Waals surface area contributed by atoms with Gasteiger partial charge in [0.05, 0.1) is 17.6 Å². The predicted octanol–water partition coefficient (Wildman–Crippen LogP) is 1.31. The van der Waals surface area contributed by atoms with E-state index in [0.29, 0.717) is 5.82 Å². The molecular formula is C18H24N4O3. The maximum absolute atomic E-state index is 12.7. The summed E-state index contributed by atoms with van der Waals surface area (Å²) < 4.78 is 6.73. The van der Waals surface area contributed by atoms with E-state index in [4.69, 9.17) is 4.74 Å². The Labute approximate surface area is 147 Å². The van der Waals surface area contributed by atoms with Crippen LogP contribution in [0, 0.1) is 0 Å². The molecule has 0 atom stereocenters. The zero-order chi connectivity index (χ0) is 17.6. The molecule has 0 bridgehead atoms. The molecule has 1 fully saturated rings. The van der Waals surface area contributed by atoms with Crippen LogP contribution < -0.4 is 5.32 Å². The highest BCUT2D eigenvalue weighted by Gasteiger charge is 2.20. The van der Waals surface area contributed by atoms with Gasteiger partial charge in [0.15, 0.2) is 0 Å². The molecule has 2 amide bonds. The number of imidazole rings is 1. The quantitative estimate of drug-likeness (QED) is 0.857. The van der Waals surface area contributed by atoms with Crippen LogP contribution in [0.15, 0.2) is 24.3 Å². The summed E-state index contributed by atoms with van der Waals surface area (Å²) in [6.07, 6.45) is 3.32. The van der Waals surface area contributed by atoms with Crippen molar-refractivity contribution in [1.82, 2.24) is 19.8 Å². The zero-order valence-electron chi connectivity index (χ0n) is 14.5. The summed E-state index contributed by atoms with van der Waals surface area (Å²) >= 11 is 0. The molecule has 0 radical (unpaired) electrons. The normalized spacial score (nSPS) is 14.7. The third-order valence-electron chi connectivity index (χ3n) is 4.45. The number of rotatable bonds is 6. The highest BCUT2D eigenvalue weighted by molar-refractivity contribution is 5.81. The van der Waals surface area contributed by atoms with Gasteiger partial charge in [-0.2, -0.15) is 0 Å². The number of piperidine rings is 1. The monoisotopic (exact) mass is 344 g/mol. The van der Waals surface area contributed by atoms with Crippen molar-refractivity contribution in [3.63, 3.8) is 0 Å². The fraction of sp³-hybridized carbons (Fsp3) is 0.500. The van der Waals surface area contributed by atoms with Crippen LogP contribution in [0.25, 0.3) is 11.0 Å². The average Bonchev–Trinajstić information content (AvgIpc) is 2.99. The van der Waals surface area contributed by atoms with Gasteiger partial charge in [0, 0.05) is 20.2 Å². The smallest absolute Gasteiger partial charge is 0.246 e. The van der Waals surface area contributed by atoms with Crippen molar-refractivity contribution in [2.45, 2.75) is 32.4 Å². The second-order valence-corrected chi connectivity index (χ2v) is 6.25. The molecule has 1 aromatic carbocycles. The highest BCUT2D eigenvalue weighted by atomic mass is 16.5. The minimum atomic E-state index is -0.205. The van der Waals surface area contributed by atoms with Crippen molar-refractivity contribution >= 4 is 22.8 Å². The number of para-hydroxylation sites is 2. The fourth-order valence-corrected chi connectivity index (χ4v) is 3.18. The number of carbonyl (C=O) groups is 2. The lowest BCUT2D eigenvalue weighted by Crippen LogP contribution is -2.38. The Bertz CT molecular complexity index is 750. The number of methoxy groups -OCH3 is 1. The molecule has 1 aliphatic heterocycles. The molecule has 1 N–H and O–H groups in total. The first kappa shape index (κ1) is 17.4. The molecule has 2 heterocycles. The van der Waals surface area contributed by atoms with E-state index in [-0.39, 0.29) is 31.5 Å². The van der Waals surface area contributed by atoms with Gasteiger partial charge in [-0.25, -0.2) is 4.98 Å². The Kier molecular flexibility index (Phi) is 5.65. The summed E-state index contributed by atoms with van der Waals surface area (Å²) in [5, 5.41) is 2.78. The second kappa shape index (κ2) is 8.11. The van der Waals surface area contributed by atoms with Crippen molar-refractivity contribution in [3.05, 3.63) is 30.1 Å². The standard InChI is InChI=1S/C18H24N4O3/c1-25-13-17(23)19-11-16-20-14-7-3-4-8-15(14)22(16)12-18(24)21-9-5-2-6-10-21/h3-4,7-8H,2,5-6,9-13H2,1H3,(H,19,23). The van der Waals surface area contributed by atoms with Crippen LogP contribution in [-0.4, -0.2) is 53.1 Å². The molecule has 134 valence electrons. The zero-order valence-corrected chi connectivity index (χ0v) is 14.5. The summed E-state index contributed by atoms with van der Waals surface area (Å²) in [4.78, 5) is 30.8. The Morgan fingerprint density at radius 3 is 2.72 bits per heavy atom. The Hall–Kier alpha value is -2.41. The molecule has 1 aliphatic rings. The van der Waals surface area contributed by atoms with E-state index in [1.54, 1.807) is 0 Å². The van der Waals surface area contributed by atoms with Crippen molar-refractivity contribution in [2.24, 2.45) is 0 Å². The van der Waals surface area contributed by atoms with Gasteiger partial charge in [-0.3, -0.25) is 9.59 Å². The Morgan fingerprint density at radius 1 is 1.20 bits per heavy atom. The van der Waals surface area contributed by atoms with Crippen LogP contribution in [-0.2, 0) is 27.4 Å². The number of nitrogens with zero attached hydrogens (tertiary/aromatic N) is 3. The molecule has 25 heavy (non-hydrogen) atoms. The van der Waals surface area contributed by atoms with Crippen LogP contribution >= 0.6 is 0 Å². The first-order chi connectivity index (χ1) is 12.2. The van der Waals surface area contributed by atoms with Gasteiger partial charge in [-0.1, -0.05) is 12.1 Å². The second-order valence-electron chi connectivity index (χ2n) is 6.25. The first-order valence-electron chi connectivity index (χ1n) is 8.66. The van der Waals surface area contributed by atoms with Gasteiger partial charge in [-0.05, 0) is 31.4 Å². The first-order valence-corrected chi connectivity index (χ1v) is 8.66. The number of aromatic nitrogens is 2.